The molecule has 1 aromatic rings. The molecule has 2 amide bonds. The molecule has 7 nitrogen and oxygen atoms in total. The molecule has 0 bridgehead atoms. The topological polar surface area (TPSA) is 93.5 Å². The second kappa shape index (κ2) is 7.78. The minimum Gasteiger partial charge on any atom is -0.381 e. The van der Waals surface area contributed by atoms with Crippen molar-refractivity contribution in [2.24, 2.45) is 0 Å². The van der Waals surface area contributed by atoms with Crippen molar-refractivity contribution in [2.45, 2.75) is 55.9 Å². The van der Waals surface area contributed by atoms with Crippen LogP contribution in [-0.2, 0) is 19.7 Å². The first-order chi connectivity index (χ1) is 11.7. The maximum Gasteiger partial charge on any atom is 0.242 e. The van der Waals surface area contributed by atoms with Gasteiger partial charge in [0.25, 0.3) is 0 Å². The van der Waals surface area contributed by atoms with Gasteiger partial charge < -0.3 is 14.6 Å². The van der Waals surface area contributed by atoms with Crippen LogP contribution in [0.15, 0.2) is 10.6 Å². The number of anilines is 1. The molecular weight excluding hydrogens is 342 g/mol. The number of likely N-dealkylation sites (N-methyl/N-ethyl adjacent to an activating group) is 1. The first-order valence-corrected chi connectivity index (χ1v) is 9.31. The maximum absolute atomic E-state index is 12.6. The Kier molecular flexibility index (Phi) is 6.16. The Balaban J connectivity index is 2.01. The summed E-state index contributed by atoms with van der Waals surface area (Å²) in [6.45, 7) is 8.79. The van der Waals surface area contributed by atoms with E-state index in [1.54, 1.807) is 38.7 Å². The van der Waals surface area contributed by atoms with E-state index in [4.69, 9.17) is 9.26 Å². The lowest BCUT2D eigenvalue weighted by molar-refractivity contribution is -0.125. The molecule has 1 aromatic heterocycles. The minimum absolute atomic E-state index is 0.149. The van der Waals surface area contributed by atoms with Crippen molar-refractivity contribution in [2.75, 3.05) is 25.6 Å². The molecule has 2 N–H and O–H groups in total. The van der Waals surface area contributed by atoms with Crippen LogP contribution in [0.2, 0.25) is 0 Å². The van der Waals surface area contributed by atoms with Crippen molar-refractivity contribution < 1.29 is 18.8 Å². The number of rotatable bonds is 6. The zero-order valence-corrected chi connectivity index (χ0v) is 16.3. The Morgan fingerprint density at radius 3 is 2.44 bits per heavy atom. The van der Waals surface area contributed by atoms with Crippen LogP contribution in [0, 0.1) is 0 Å². The third kappa shape index (κ3) is 4.76. The number of carbonyl (C=O) groups excluding carboxylic acids is 2. The van der Waals surface area contributed by atoms with Crippen molar-refractivity contribution in [3.63, 3.8) is 0 Å². The zero-order chi connectivity index (χ0) is 18.7. The van der Waals surface area contributed by atoms with Gasteiger partial charge in [-0.3, -0.25) is 14.9 Å². The highest BCUT2D eigenvalue weighted by Gasteiger charge is 2.35. The van der Waals surface area contributed by atoms with Gasteiger partial charge in [-0.25, -0.2) is 0 Å². The van der Waals surface area contributed by atoms with Crippen LogP contribution in [0.4, 0.5) is 5.88 Å². The number of thioether (sulfide) groups is 1. The number of nitrogens with zero attached hydrogens (tertiary/aromatic N) is 1. The van der Waals surface area contributed by atoms with Gasteiger partial charge in [0.1, 0.15) is 5.69 Å². The molecule has 2 heterocycles. The van der Waals surface area contributed by atoms with Crippen molar-refractivity contribution >= 4 is 29.5 Å². The molecule has 0 saturated carbocycles. The van der Waals surface area contributed by atoms with Crippen molar-refractivity contribution in [1.29, 1.82) is 0 Å². The number of nitrogens with one attached hydrogen (secondary N) is 2. The zero-order valence-electron chi connectivity index (χ0n) is 15.5. The van der Waals surface area contributed by atoms with Gasteiger partial charge in [0.05, 0.1) is 10.2 Å². The fraction of sp³-hybridized carbons (Fsp3) is 0.706. The maximum atomic E-state index is 12.6. The van der Waals surface area contributed by atoms with Crippen molar-refractivity contribution in [1.82, 2.24) is 10.5 Å². The van der Waals surface area contributed by atoms with Gasteiger partial charge in [0, 0.05) is 31.6 Å². The minimum atomic E-state index is -0.840. The number of aromatic nitrogens is 1. The number of carbonyl (C=O) groups is 2. The van der Waals surface area contributed by atoms with Crippen molar-refractivity contribution in [3.8, 4) is 0 Å². The van der Waals surface area contributed by atoms with E-state index in [9.17, 15) is 9.59 Å². The van der Waals surface area contributed by atoms with Crippen molar-refractivity contribution in [3.05, 3.63) is 11.8 Å². The number of hydrogen-bond donors (Lipinski definition) is 2. The molecule has 1 aliphatic rings. The first kappa shape index (κ1) is 19.8. The van der Waals surface area contributed by atoms with Crippen LogP contribution < -0.4 is 10.6 Å². The Bertz CT molecular complexity index is 621. The van der Waals surface area contributed by atoms with Gasteiger partial charge >= 0.3 is 0 Å². The molecule has 0 spiro atoms. The van der Waals surface area contributed by atoms with Gasteiger partial charge in [-0.1, -0.05) is 5.16 Å². The quantitative estimate of drug-likeness (QED) is 0.799. The normalized spacial score (nSPS) is 16.5. The second-order valence-corrected chi connectivity index (χ2v) is 9.10. The third-order valence-electron chi connectivity index (χ3n) is 4.36. The summed E-state index contributed by atoms with van der Waals surface area (Å²) in [5.74, 6) is -0.0730. The Hall–Kier alpha value is -1.54. The average Bonchev–Trinajstić information content (AvgIpc) is 3.03. The molecule has 0 atom stereocenters. The predicted octanol–water partition coefficient (Wildman–Crippen LogP) is 2.33. The molecule has 0 aliphatic carbocycles. The molecule has 1 saturated heterocycles. The summed E-state index contributed by atoms with van der Waals surface area (Å²) in [5, 5.41) is 9.71. The lowest BCUT2D eigenvalue weighted by Gasteiger charge is -2.30. The van der Waals surface area contributed by atoms with Crippen LogP contribution in [-0.4, -0.2) is 47.2 Å². The van der Waals surface area contributed by atoms with Gasteiger partial charge in [-0.2, -0.15) is 0 Å². The summed E-state index contributed by atoms with van der Waals surface area (Å²) in [7, 11) is 1.57. The summed E-state index contributed by atoms with van der Waals surface area (Å²) >= 11 is 1.65. The monoisotopic (exact) mass is 369 g/mol. The van der Waals surface area contributed by atoms with E-state index in [0.717, 1.165) is 26.1 Å². The smallest absolute Gasteiger partial charge is 0.242 e. The summed E-state index contributed by atoms with van der Waals surface area (Å²) in [5.41, 5.74) is -0.370. The number of amides is 2. The first-order valence-electron chi connectivity index (χ1n) is 8.43. The molecule has 0 unspecified atom stereocenters. The molecule has 1 fully saturated rings. The fourth-order valence-corrected chi connectivity index (χ4v) is 4.00. The van der Waals surface area contributed by atoms with Gasteiger partial charge in [-0.05, 0) is 40.5 Å². The van der Waals surface area contributed by atoms with E-state index < -0.39 is 10.2 Å². The Morgan fingerprint density at radius 2 is 1.84 bits per heavy atom. The summed E-state index contributed by atoms with van der Waals surface area (Å²) in [6.07, 6.45) is 1.91. The van der Waals surface area contributed by atoms with E-state index in [2.05, 4.69) is 15.8 Å². The molecule has 8 heteroatoms. The fourth-order valence-electron chi connectivity index (χ4n) is 2.58. The molecule has 25 heavy (non-hydrogen) atoms. The lowest BCUT2D eigenvalue weighted by atomic mass is 9.88. The van der Waals surface area contributed by atoms with Gasteiger partial charge in [0.2, 0.25) is 17.7 Å². The SMILES string of the molecule is CNC(=O)C(C)(C)c1cc(NC(=O)C(C)(C)SC2CCOCC2)on1. The van der Waals surface area contributed by atoms with E-state index in [1.807, 2.05) is 13.8 Å². The van der Waals surface area contributed by atoms with E-state index >= 15 is 0 Å². The standard InChI is InChI=1S/C17H27N3O4S/c1-16(2,14(21)18-5)12-10-13(24-20-12)19-15(22)17(3,4)25-11-6-8-23-9-7-11/h10-11H,6-9H2,1-5H3,(H,18,21)(H,19,22). The highest BCUT2D eigenvalue weighted by atomic mass is 32.2. The van der Waals surface area contributed by atoms with Crippen LogP contribution in [0.25, 0.3) is 0 Å². The molecule has 140 valence electrons. The summed E-state index contributed by atoms with van der Waals surface area (Å²) in [4.78, 5) is 24.6. The second-order valence-electron chi connectivity index (χ2n) is 7.17. The highest BCUT2D eigenvalue weighted by Crippen LogP contribution is 2.35. The molecule has 2 rings (SSSR count). The number of hydrogen-bond acceptors (Lipinski definition) is 6. The van der Waals surface area contributed by atoms with Crippen LogP contribution in [0.3, 0.4) is 0 Å². The van der Waals surface area contributed by atoms with E-state index in [1.165, 1.54) is 0 Å². The summed E-state index contributed by atoms with van der Waals surface area (Å²) < 4.78 is 9.97. The Morgan fingerprint density at radius 1 is 1.20 bits per heavy atom. The van der Waals surface area contributed by atoms with Crippen LogP contribution in [0.5, 0.6) is 0 Å². The van der Waals surface area contributed by atoms with Gasteiger partial charge in [0.15, 0.2) is 0 Å². The van der Waals surface area contributed by atoms with Crippen LogP contribution >= 0.6 is 11.8 Å². The molecule has 0 radical (unpaired) electrons. The Labute approximate surface area is 152 Å². The largest absolute Gasteiger partial charge is 0.381 e. The van der Waals surface area contributed by atoms with E-state index in [-0.39, 0.29) is 17.7 Å². The average molecular weight is 369 g/mol. The highest BCUT2D eigenvalue weighted by molar-refractivity contribution is 8.02. The molecule has 1 aliphatic heterocycles. The van der Waals surface area contributed by atoms with E-state index in [0.29, 0.717) is 10.9 Å². The molecule has 0 aromatic carbocycles. The summed E-state index contributed by atoms with van der Waals surface area (Å²) in [6, 6.07) is 1.60. The molecular formula is C17H27N3O4S. The predicted molar refractivity (Wildman–Crippen MR) is 97.7 cm³/mol. The third-order valence-corrected chi connectivity index (χ3v) is 5.94. The number of ether oxygens (including phenoxy) is 1. The van der Waals surface area contributed by atoms with Crippen LogP contribution in [0.1, 0.15) is 46.2 Å². The lowest BCUT2D eigenvalue weighted by Crippen LogP contribution is -2.38. The van der Waals surface area contributed by atoms with Gasteiger partial charge in [-0.15, -0.1) is 11.8 Å².